The summed E-state index contributed by atoms with van der Waals surface area (Å²) in [7, 11) is 0. The van der Waals surface area contributed by atoms with Gasteiger partial charge in [0.05, 0.1) is 6.54 Å². The Morgan fingerprint density at radius 3 is 2.87 bits per heavy atom. The fourth-order valence-electron chi connectivity index (χ4n) is 3.90. The minimum atomic E-state index is -0.100. The standard InChI is InChI=1S/C23H34N6O/c1-2-24-23(25-13-6-11-19-8-3-4-9-19)26-17-20-10-5-12-21(16-20)28-22(30)18-29-15-7-14-27-29/h5,7,10,12,14-16,19H,2-4,6,8-9,11,13,17-18H2,1H3,(H,28,30)(H2,24,25,26). The minimum Gasteiger partial charge on any atom is -0.357 e. The van der Waals surface area contributed by atoms with Crippen LogP contribution in [0.1, 0.15) is 51.0 Å². The van der Waals surface area contributed by atoms with Gasteiger partial charge < -0.3 is 16.0 Å². The number of nitrogens with zero attached hydrogens (tertiary/aromatic N) is 3. The number of anilines is 1. The van der Waals surface area contributed by atoms with Crippen molar-refractivity contribution in [2.45, 2.75) is 58.5 Å². The highest BCUT2D eigenvalue weighted by Crippen LogP contribution is 2.28. The first kappa shape index (κ1) is 21.9. The maximum absolute atomic E-state index is 12.2. The van der Waals surface area contributed by atoms with Gasteiger partial charge in [0.2, 0.25) is 5.91 Å². The molecule has 0 radical (unpaired) electrons. The van der Waals surface area contributed by atoms with Crippen molar-refractivity contribution in [3.05, 3.63) is 48.3 Å². The summed E-state index contributed by atoms with van der Waals surface area (Å²) in [5.74, 6) is 1.67. The predicted molar refractivity (Wildman–Crippen MR) is 121 cm³/mol. The number of amides is 1. The van der Waals surface area contributed by atoms with E-state index < -0.39 is 0 Å². The Hall–Kier alpha value is -2.83. The maximum atomic E-state index is 12.2. The van der Waals surface area contributed by atoms with Crippen LogP contribution in [0.5, 0.6) is 0 Å². The molecule has 0 spiro atoms. The average molecular weight is 411 g/mol. The third-order valence-corrected chi connectivity index (χ3v) is 5.40. The normalized spacial score (nSPS) is 14.6. The average Bonchev–Trinajstić information content (AvgIpc) is 3.44. The van der Waals surface area contributed by atoms with Gasteiger partial charge in [-0.2, -0.15) is 5.10 Å². The second kappa shape index (κ2) is 12.0. The van der Waals surface area contributed by atoms with Gasteiger partial charge in [0.25, 0.3) is 0 Å². The number of guanidine groups is 1. The molecular formula is C23H34N6O. The van der Waals surface area contributed by atoms with Crippen molar-refractivity contribution in [1.82, 2.24) is 20.4 Å². The molecule has 30 heavy (non-hydrogen) atoms. The van der Waals surface area contributed by atoms with E-state index >= 15 is 0 Å². The molecule has 3 N–H and O–H groups in total. The number of hydrogen-bond acceptors (Lipinski definition) is 3. The highest BCUT2D eigenvalue weighted by molar-refractivity contribution is 5.90. The molecule has 0 saturated heterocycles. The summed E-state index contributed by atoms with van der Waals surface area (Å²) in [5, 5.41) is 13.7. The van der Waals surface area contributed by atoms with E-state index in [-0.39, 0.29) is 12.5 Å². The van der Waals surface area contributed by atoms with Crippen LogP contribution >= 0.6 is 0 Å². The maximum Gasteiger partial charge on any atom is 0.246 e. The molecule has 3 rings (SSSR count). The van der Waals surface area contributed by atoms with E-state index in [1.54, 1.807) is 23.1 Å². The second-order valence-electron chi connectivity index (χ2n) is 7.87. The van der Waals surface area contributed by atoms with Crippen molar-refractivity contribution >= 4 is 17.6 Å². The third-order valence-electron chi connectivity index (χ3n) is 5.40. The van der Waals surface area contributed by atoms with Gasteiger partial charge in [-0.05, 0) is 49.4 Å². The summed E-state index contributed by atoms with van der Waals surface area (Å²) < 4.78 is 1.60. The van der Waals surface area contributed by atoms with Crippen LogP contribution in [0.3, 0.4) is 0 Å². The van der Waals surface area contributed by atoms with Crippen LogP contribution in [0.15, 0.2) is 47.7 Å². The Balaban J connectivity index is 1.46. The Kier molecular flexibility index (Phi) is 8.75. The molecule has 1 heterocycles. The van der Waals surface area contributed by atoms with E-state index in [0.717, 1.165) is 36.2 Å². The third kappa shape index (κ3) is 7.54. The van der Waals surface area contributed by atoms with Crippen LogP contribution in [0.25, 0.3) is 0 Å². The lowest BCUT2D eigenvalue weighted by atomic mass is 10.0. The molecule has 7 nitrogen and oxygen atoms in total. The fourth-order valence-corrected chi connectivity index (χ4v) is 3.90. The van der Waals surface area contributed by atoms with Gasteiger partial charge in [-0.15, -0.1) is 0 Å². The monoisotopic (exact) mass is 410 g/mol. The molecule has 0 aliphatic heterocycles. The van der Waals surface area contributed by atoms with Crippen molar-refractivity contribution in [1.29, 1.82) is 0 Å². The molecule has 0 atom stereocenters. The number of aromatic nitrogens is 2. The van der Waals surface area contributed by atoms with Crippen LogP contribution in [0, 0.1) is 5.92 Å². The van der Waals surface area contributed by atoms with Gasteiger partial charge >= 0.3 is 0 Å². The first-order valence-corrected chi connectivity index (χ1v) is 11.1. The molecule has 1 aliphatic carbocycles. The molecule has 1 aliphatic rings. The van der Waals surface area contributed by atoms with Crippen molar-refractivity contribution in [2.75, 3.05) is 18.4 Å². The topological polar surface area (TPSA) is 83.3 Å². The van der Waals surface area contributed by atoms with Crippen LogP contribution in [0.2, 0.25) is 0 Å². The molecule has 162 valence electrons. The van der Waals surface area contributed by atoms with Gasteiger partial charge in [0, 0.05) is 31.2 Å². The van der Waals surface area contributed by atoms with E-state index in [9.17, 15) is 4.79 Å². The van der Waals surface area contributed by atoms with Gasteiger partial charge in [-0.25, -0.2) is 4.99 Å². The first-order chi connectivity index (χ1) is 14.7. The van der Waals surface area contributed by atoms with Crippen LogP contribution in [-0.4, -0.2) is 34.7 Å². The van der Waals surface area contributed by atoms with E-state index in [1.165, 1.54) is 38.5 Å². The van der Waals surface area contributed by atoms with Crippen molar-refractivity contribution < 1.29 is 4.79 Å². The lowest BCUT2D eigenvalue weighted by molar-refractivity contribution is -0.116. The summed E-state index contributed by atoms with van der Waals surface area (Å²) in [5.41, 5.74) is 1.82. The quantitative estimate of drug-likeness (QED) is 0.318. The van der Waals surface area contributed by atoms with Crippen molar-refractivity contribution in [3.63, 3.8) is 0 Å². The molecule has 1 fully saturated rings. The molecule has 7 heteroatoms. The van der Waals surface area contributed by atoms with Crippen LogP contribution in [-0.2, 0) is 17.9 Å². The minimum absolute atomic E-state index is 0.100. The molecule has 0 unspecified atom stereocenters. The van der Waals surface area contributed by atoms with Gasteiger partial charge in [-0.3, -0.25) is 9.48 Å². The number of nitrogens with one attached hydrogen (secondary N) is 3. The number of rotatable bonds is 10. The van der Waals surface area contributed by atoms with Crippen molar-refractivity contribution in [2.24, 2.45) is 10.9 Å². The van der Waals surface area contributed by atoms with E-state index in [0.29, 0.717) is 6.54 Å². The Morgan fingerprint density at radius 2 is 2.10 bits per heavy atom. The number of aliphatic imine (C=N–C) groups is 1. The summed E-state index contributed by atoms with van der Waals surface area (Å²) >= 11 is 0. The molecule has 0 bridgehead atoms. The summed E-state index contributed by atoms with van der Waals surface area (Å²) in [6.45, 7) is 4.61. The molecule has 1 aromatic heterocycles. The highest BCUT2D eigenvalue weighted by Gasteiger charge is 2.14. The number of benzene rings is 1. The largest absolute Gasteiger partial charge is 0.357 e. The molecular weight excluding hydrogens is 376 g/mol. The van der Waals surface area contributed by atoms with Gasteiger partial charge in [-0.1, -0.05) is 37.8 Å². The van der Waals surface area contributed by atoms with Crippen LogP contribution < -0.4 is 16.0 Å². The fraction of sp³-hybridized carbons (Fsp3) is 0.522. The van der Waals surface area contributed by atoms with Crippen LogP contribution in [0.4, 0.5) is 5.69 Å². The lowest BCUT2D eigenvalue weighted by Gasteiger charge is -2.13. The van der Waals surface area contributed by atoms with E-state index in [2.05, 4.69) is 28.0 Å². The smallest absolute Gasteiger partial charge is 0.246 e. The summed E-state index contributed by atoms with van der Waals surface area (Å²) in [6.07, 6.45) is 11.6. The zero-order chi connectivity index (χ0) is 21.0. The van der Waals surface area contributed by atoms with E-state index in [1.807, 2.05) is 24.3 Å². The Bertz CT molecular complexity index is 796. The molecule has 1 amide bonds. The highest BCUT2D eigenvalue weighted by atomic mass is 16.2. The summed E-state index contributed by atoms with van der Waals surface area (Å²) in [4.78, 5) is 16.9. The van der Waals surface area contributed by atoms with Gasteiger partial charge in [0.1, 0.15) is 6.54 Å². The Morgan fingerprint density at radius 1 is 1.23 bits per heavy atom. The lowest BCUT2D eigenvalue weighted by Crippen LogP contribution is -2.37. The molecule has 1 saturated carbocycles. The number of carbonyl (C=O) groups is 1. The molecule has 2 aromatic rings. The SMILES string of the molecule is CCNC(=NCc1cccc(NC(=O)Cn2cccn2)c1)NCCCC1CCCC1. The zero-order valence-corrected chi connectivity index (χ0v) is 17.9. The van der Waals surface area contributed by atoms with E-state index in [4.69, 9.17) is 4.99 Å². The second-order valence-corrected chi connectivity index (χ2v) is 7.87. The zero-order valence-electron chi connectivity index (χ0n) is 17.9. The Labute approximate surface area is 179 Å². The number of hydrogen-bond donors (Lipinski definition) is 3. The van der Waals surface area contributed by atoms with Crippen molar-refractivity contribution in [3.8, 4) is 0 Å². The predicted octanol–water partition coefficient (Wildman–Crippen LogP) is 3.55. The van der Waals surface area contributed by atoms with Gasteiger partial charge in [0.15, 0.2) is 5.96 Å². The number of carbonyl (C=O) groups excluding carboxylic acids is 1. The summed E-state index contributed by atoms with van der Waals surface area (Å²) in [6, 6.07) is 9.62. The molecule has 1 aromatic carbocycles. The first-order valence-electron chi connectivity index (χ1n) is 11.1.